The van der Waals surface area contributed by atoms with Crippen LogP contribution in [0.4, 0.5) is 0 Å². The van der Waals surface area contributed by atoms with Crippen molar-refractivity contribution in [3.05, 3.63) is 24.2 Å². The second-order valence-electron chi connectivity index (χ2n) is 3.16. The van der Waals surface area contributed by atoms with Crippen molar-refractivity contribution in [3.8, 4) is 0 Å². The van der Waals surface area contributed by atoms with Gasteiger partial charge in [-0.05, 0) is 13.0 Å². The SMILES string of the molecule is CNC(=O)CCNC(C)c1ccoc1. The number of amides is 1. The first-order valence-corrected chi connectivity index (χ1v) is 4.70. The van der Waals surface area contributed by atoms with E-state index in [0.717, 1.165) is 5.56 Å². The fourth-order valence-electron chi connectivity index (χ4n) is 1.17. The Labute approximate surface area is 83.7 Å². The van der Waals surface area contributed by atoms with Gasteiger partial charge in [-0.15, -0.1) is 0 Å². The summed E-state index contributed by atoms with van der Waals surface area (Å²) >= 11 is 0. The predicted molar refractivity (Wildman–Crippen MR) is 53.8 cm³/mol. The lowest BCUT2D eigenvalue weighted by atomic mass is 10.2. The smallest absolute Gasteiger partial charge is 0.221 e. The Morgan fingerprint density at radius 2 is 2.43 bits per heavy atom. The molecule has 0 aliphatic carbocycles. The number of furan rings is 1. The maximum absolute atomic E-state index is 10.9. The van der Waals surface area contributed by atoms with E-state index in [9.17, 15) is 4.79 Å². The summed E-state index contributed by atoms with van der Waals surface area (Å²) in [5, 5.41) is 5.81. The Hall–Kier alpha value is -1.29. The normalized spacial score (nSPS) is 12.4. The van der Waals surface area contributed by atoms with Crippen molar-refractivity contribution in [2.45, 2.75) is 19.4 Å². The monoisotopic (exact) mass is 196 g/mol. The number of carbonyl (C=O) groups excluding carboxylic acids is 1. The highest BCUT2D eigenvalue weighted by molar-refractivity contribution is 5.75. The molecule has 0 aromatic carbocycles. The van der Waals surface area contributed by atoms with Gasteiger partial charge in [0.15, 0.2) is 0 Å². The van der Waals surface area contributed by atoms with E-state index in [4.69, 9.17) is 4.42 Å². The molecule has 0 bridgehead atoms. The molecular formula is C10H16N2O2. The molecule has 1 aromatic heterocycles. The molecule has 1 unspecified atom stereocenters. The number of hydrogen-bond acceptors (Lipinski definition) is 3. The van der Waals surface area contributed by atoms with Crippen LogP contribution >= 0.6 is 0 Å². The molecule has 14 heavy (non-hydrogen) atoms. The van der Waals surface area contributed by atoms with Crippen molar-refractivity contribution >= 4 is 5.91 Å². The van der Waals surface area contributed by atoms with E-state index in [2.05, 4.69) is 10.6 Å². The van der Waals surface area contributed by atoms with Crippen LogP contribution in [0.15, 0.2) is 23.0 Å². The lowest BCUT2D eigenvalue weighted by molar-refractivity contribution is -0.120. The van der Waals surface area contributed by atoms with Crippen LogP contribution in [0, 0.1) is 0 Å². The van der Waals surface area contributed by atoms with Gasteiger partial charge in [0.2, 0.25) is 5.91 Å². The zero-order valence-corrected chi connectivity index (χ0v) is 8.54. The molecule has 0 radical (unpaired) electrons. The molecule has 0 saturated carbocycles. The summed E-state index contributed by atoms with van der Waals surface area (Å²) < 4.78 is 4.96. The van der Waals surface area contributed by atoms with E-state index in [0.29, 0.717) is 13.0 Å². The summed E-state index contributed by atoms with van der Waals surface area (Å²) in [5.74, 6) is 0.0527. The van der Waals surface area contributed by atoms with Crippen molar-refractivity contribution in [1.82, 2.24) is 10.6 Å². The van der Waals surface area contributed by atoms with Gasteiger partial charge in [0.05, 0.1) is 12.5 Å². The van der Waals surface area contributed by atoms with Gasteiger partial charge in [0.1, 0.15) is 0 Å². The zero-order chi connectivity index (χ0) is 10.4. The van der Waals surface area contributed by atoms with Crippen molar-refractivity contribution in [2.75, 3.05) is 13.6 Å². The summed E-state index contributed by atoms with van der Waals surface area (Å²) in [6.07, 6.45) is 3.85. The van der Waals surface area contributed by atoms with Gasteiger partial charge < -0.3 is 15.1 Å². The Bertz CT molecular complexity index is 270. The van der Waals surface area contributed by atoms with Gasteiger partial charge in [-0.1, -0.05) is 0 Å². The predicted octanol–water partition coefficient (Wildman–Crippen LogP) is 1.07. The van der Waals surface area contributed by atoms with Gasteiger partial charge in [0, 0.05) is 31.6 Å². The van der Waals surface area contributed by atoms with E-state index in [-0.39, 0.29) is 11.9 Å². The number of hydrogen-bond donors (Lipinski definition) is 2. The van der Waals surface area contributed by atoms with Gasteiger partial charge in [0.25, 0.3) is 0 Å². The summed E-state index contributed by atoms with van der Waals surface area (Å²) in [5.41, 5.74) is 1.10. The number of rotatable bonds is 5. The molecule has 1 heterocycles. The Morgan fingerprint density at radius 1 is 1.64 bits per heavy atom. The van der Waals surface area contributed by atoms with Gasteiger partial charge in [-0.2, -0.15) is 0 Å². The van der Waals surface area contributed by atoms with E-state index >= 15 is 0 Å². The summed E-state index contributed by atoms with van der Waals surface area (Å²) in [4.78, 5) is 10.9. The first-order valence-electron chi connectivity index (χ1n) is 4.70. The maximum Gasteiger partial charge on any atom is 0.221 e. The van der Waals surface area contributed by atoms with Crippen molar-refractivity contribution in [2.24, 2.45) is 0 Å². The van der Waals surface area contributed by atoms with Crippen LogP contribution in [-0.4, -0.2) is 19.5 Å². The molecular weight excluding hydrogens is 180 g/mol. The van der Waals surface area contributed by atoms with Crippen LogP contribution in [0.25, 0.3) is 0 Å². The van der Waals surface area contributed by atoms with Crippen molar-refractivity contribution in [1.29, 1.82) is 0 Å². The molecule has 0 aliphatic rings. The number of nitrogens with one attached hydrogen (secondary N) is 2. The van der Waals surface area contributed by atoms with E-state index in [1.54, 1.807) is 19.6 Å². The van der Waals surface area contributed by atoms with Gasteiger partial charge in [-0.3, -0.25) is 4.79 Å². The second kappa shape index (κ2) is 5.44. The maximum atomic E-state index is 10.9. The molecule has 0 aliphatic heterocycles. The highest BCUT2D eigenvalue weighted by Gasteiger charge is 2.05. The summed E-state index contributed by atoms with van der Waals surface area (Å²) in [7, 11) is 1.64. The topological polar surface area (TPSA) is 54.3 Å². The fraction of sp³-hybridized carbons (Fsp3) is 0.500. The third-order valence-corrected chi connectivity index (χ3v) is 2.12. The molecule has 1 aromatic rings. The van der Waals surface area contributed by atoms with Crippen LogP contribution in [-0.2, 0) is 4.79 Å². The Balaban J connectivity index is 2.22. The zero-order valence-electron chi connectivity index (χ0n) is 8.54. The minimum atomic E-state index is 0.0527. The van der Waals surface area contributed by atoms with Gasteiger partial charge in [-0.25, -0.2) is 0 Å². The molecule has 1 rings (SSSR count). The highest BCUT2D eigenvalue weighted by Crippen LogP contribution is 2.11. The second-order valence-corrected chi connectivity index (χ2v) is 3.16. The molecule has 1 atom stereocenters. The van der Waals surface area contributed by atoms with Crippen molar-refractivity contribution in [3.63, 3.8) is 0 Å². The average molecular weight is 196 g/mol. The van der Waals surface area contributed by atoms with Crippen LogP contribution < -0.4 is 10.6 Å². The first kappa shape index (κ1) is 10.8. The molecule has 2 N–H and O–H groups in total. The fourth-order valence-corrected chi connectivity index (χ4v) is 1.17. The van der Waals surface area contributed by atoms with E-state index in [1.807, 2.05) is 13.0 Å². The molecule has 0 saturated heterocycles. The minimum absolute atomic E-state index is 0.0527. The molecule has 0 spiro atoms. The largest absolute Gasteiger partial charge is 0.472 e. The summed E-state index contributed by atoms with van der Waals surface area (Å²) in [6, 6.07) is 2.13. The van der Waals surface area contributed by atoms with E-state index < -0.39 is 0 Å². The van der Waals surface area contributed by atoms with Crippen LogP contribution in [0.1, 0.15) is 24.9 Å². The number of carbonyl (C=O) groups is 1. The van der Waals surface area contributed by atoms with Crippen LogP contribution in [0.2, 0.25) is 0 Å². The lowest BCUT2D eigenvalue weighted by Gasteiger charge is -2.10. The van der Waals surface area contributed by atoms with Crippen molar-refractivity contribution < 1.29 is 9.21 Å². The summed E-state index contributed by atoms with van der Waals surface area (Å²) in [6.45, 7) is 2.71. The third kappa shape index (κ3) is 3.22. The Kier molecular flexibility index (Phi) is 4.19. The first-order chi connectivity index (χ1) is 6.74. The minimum Gasteiger partial charge on any atom is -0.472 e. The molecule has 4 nitrogen and oxygen atoms in total. The molecule has 1 amide bonds. The molecule has 4 heteroatoms. The van der Waals surface area contributed by atoms with Crippen LogP contribution in [0.3, 0.4) is 0 Å². The van der Waals surface area contributed by atoms with E-state index in [1.165, 1.54) is 0 Å². The average Bonchev–Trinajstić information content (AvgIpc) is 2.70. The van der Waals surface area contributed by atoms with Crippen LogP contribution in [0.5, 0.6) is 0 Å². The molecule has 0 fully saturated rings. The standard InChI is InChI=1S/C10H16N2O2/c1-8(9-4-6-14-7-9)12-5-3-10(13)11-2/h4,6-8,12H,3,5H2,1-2H3,(H,11,13). The molecule has 78 valence electrons. The lowest BCUT2D eigenvalue weighted by Crippen LogP contribution is -2.26. The quantitative estimate of drug-likeness (QED) is 0.740. The Morgan fingerprint density at radius 3 is 3.00 bits per heavy atom. The van der Waals surface area contributed by atoms with Gasteiger partial charge >= 0.3 is 0 Å². The third-order valence-electron chi connectivity index (χ3n) is 2.12. The highest BCUT2D eigenvalue weighted by atomic mass is 16.3.